The molecule has 0 saturated carbocycles. The van der Waals surface area contributed by atoms with Crippen molar-refractivity contribution in [1.29, 1.82) is 0 Å². The topological polar surface area (TPSA) is 111 Å². The number of benzene rings is 1. The number of aliphatic carboxylic acids is 1. The Balaban J connectivity index is 2.27. The van der Waals surface area contributed by atoms with E-state index in [0.717, 1.165) is 0 Å². The third-order valence-electron chi connectivity index (χ3n) is 2.36. The molecule has 1 heterocycles. The van der Waals surface area contributed by atoms with Gasteiger partial charge in [-0.05, 0) is 25.1 Å². The van der Waals surface area contributed by atoms with Crippen molar-refractivity contribution in [2.75, 3.05) is 6.61 Å². The SMILES string of the molecule is CCOc1cccc(-c2nnc(C(N)C(=O)O)o2)c1. The first kappa shape index (κ1) is 13.0. The molecular weight excluding hydrogens is 250 g/mol. The summed E-state index contributed by atoms with van der Waals surface area (Å²) in [7, 11) is 0. The third-order valence-corrected chi connectivity index (χ3v) is 2.36. The second-order valence-corrected chi connectivity index (χ2v) is 3.72. The van der Waals surface area contributed by atoms with E-state index >= 15 is 0 Å². The minimum atomic E-state index is -1.32. The van der Waals surface area contributed by atoms with Crippen molar-refractivity contribution in [1.82, 2.24) is 10.2 Å². The summed E-state index contributed by atoms with van der Waals surface area (Å²) in [6, 6.07) is 5.74. The zero-order valence-corrected chi connectivity index (χ0v) is 10.2. The molecule has 0 saturated heterocycles. The van der Waals surface area contributed by atoms with Crippen LogP contribution in [-0.2, 0) is 4.79 Å². The number of carbonyl (C=O) groups is 1. The lowest BCUT2D eigenvalue weighted by molar-refractivity contribution is -0.139. The predicted octanol–water partition coefficient (Wildman–Crippen LogP) is 1.22. The number of hydrogen-bond acceptors (Lipinski definition) is 6. The number of nitrogens with zero attached hydrogens (tertiary/aromatic N) is 2. The Bertz CT molecular complexity index is 582. The molecule has 100 valence electrons. The molecule has 7 nitrogen and oxygen atoms in total. The average Bonchev–Trinajstić information content (AvgIpc) is 2.88. The molecule has 0 aliphatic heterocycles. The number of aromatic nitrogens is 2. The van der Waals surface area contributed by atoms with Crippen LogP contribution in [0, 0.1) is 0 Å². The molecule has 0 radical (unpaired) electrons. The Morgan fingerprint density at radius 3 is 3.00 bits per heavy atom. The van der Waals surface area contributed by atoms with E-state index in [0.29, 0.717) is 17.9 Å². The van der Waals surface area contributed by atoms with Crippen LogP contribution in [0.2, 0.25) is 0 Å². The summed E-state index contributed by atoms with van der Waals surface area (Å²) >= 11 is 0. The molecule has 1 atom stereocenters. The monoisotopic (exact) mass is 263 g/mol. The molecule has 0 fully saturated rings. The van der Waals surface area contributed by atoms with E-state index in [2.05, 4.69) is 10.2 Å². The normalized spacial score (nSPS) is 12.1. The van der Waals surface area contributed by atoms with Crippen molar-refractivity contribution in [3.8, 4) is 17.2 Å². The van der Waals surface area contributed by atoms with Gasteiger partial charge in [0.05, 0.1) is 6.61 Å². The lowest BCUT2D eigenvalue weighted by Crippen LogP contribution is -2.20. The van der Waals surface area contributed by atoms with Crippen LogP contribution in [0.1, 0.15) is 18.9 Å². The smallest absolute Gasteiger partial charge is 0.330 e. The van der Waals surface area contributed by atoms with Gasteiger partial charge < -0.3 is 20.0 Å². The van der Waals surface area contributed by atoms with Crippen LogP contribution in [0.4, 0.5) is 0 Å². The summed E-state index contributed by atoms with van der Waals surface area (Å²) in [6.45, 7) is 2.42. The molecule has 7 heteroatoms. The van der Waals surface area contributed by atoms with E-state index in [1.54, 1.807) is 24.3 Å². The number of carboxylic acids is 1. The summed E-state index contributed by atoms with van der Waals surface area (Å²) < 4.78 is 10.6. The van der Waals surface area contributed by atoms with Crippen molar-refractivity contribution >= 4 is 5.97 Å². The fourth-order valence-corrected chi connectivity index (χ4v) is 1.47. The second kappa shape index (κ2) is 5.49. The molecule has 3 N–H and O–H groups in total. The lowest BCUT2D eigenvalue weighted by atomic mass is 10.2. The van der Waals surface area contributed by atoms with Gasteiger partial charge in [-0.25, -0.2) is 4.79 Å². The fourth-order valence-electron chi connectivity index (χ4n) is 1.47. The first-order valence-electron chi connectivity index (χ1n) is 5.67. The van der Waals surface area contributed by atoms with E-state index in [4.69, 9.17) is 20.0 Å². The molecule has 0 amide bonds. The molecule has 0 aliphatic carbocycles. The Hall–Kier alpha value is -2.41. The minimum absolute atomic E-state index is 0.135. The number of carboxylic acid groups (broad SMARTS) is 1. The van der Waals surface area contributed by atoms with Gasteiger partial charge in [-0.1, -0.05) is 6.07 Å². The molecule has 1 aromatic heterocycles. The van der Waals surface area contributed by atoms with E-state index in [9.17, 15) is 4.79 Å². The third kappa shape index (κ3) is 2.89. The van der Waals surface area contributed by atoms with Crippen molar-refractivity contribution in [2.45, 2.75) is 13.0 Å². The van der Waals surface area contributed by atoms with E-state index < -0.39 is 12.0 Å². The highest BCUT2D eigenvalue weighted by atomic mass is 16.5. The number of hydrogen-bond donors (Lipinski definition) is 2. The lowest BCUT2D eigenvalue weighted by Gasteiger charge is -2.03. The van der Waals surface area contributed by atoms with Gasteiger partial charge in [-0.2, -0.15) is 0 Å². The van der Waals surface area contributed by atoms with E-state index in [1.807, 2.05) is 6.92 Å². The highest BCUT2D eigenvalue weighted by Crippen LogP contribution is 2.24. The predicted molar refractivity (Wildman–Crippen MR) is 65.5 cm³/mol. The summed E-state index contributed by atoms with van der Waals surface area (Å²) in [4.78, 5) is 10.7. The molecule has 2 rings (SSSR count). The molecule has 0 aliphatic rings. The zero-order chi connectivity index (χ0) is 13.8. The minimum Gasteiger partial charge on any atom is -0.494 e. The molecule has 0 bridgehead atoms. The highest BCUT2D eigenvalue weighted by molar-refractivity contribution is 5.73. The zero-order valence-electron chi connectivity index (χ0n) is 10.2. The number of rotatable bonds is 5. The van der Waals surface area contributed by atoms with Crippen LogP contribution in [0.15, 0.2) is 28.7 Å². The Morgan fingerprint density at radius 2 is 2.32 bits per heavy atom. The first-order chi connectivity index (χ1) is 9.11. The largest absolute Gasteiger partial charge is 0.494 e. The number of nitrogens with two attached hydrogens (primary N) is 1. The van der Waals surface area contributed by atoms with Crippen LogP contribution in [0.25, 0.3) is 11.5 Å². The summed E-state index contributed by atoms with van der Waals surface area (Å²) in [5, 5.41) is 16.2. The maximum absolute atomic E-state index is 10.7. The quantitative estimate of drug-likeness (QED) is 0.834. The first-order valence-corrected chi connectivity index (χ1v) is 5.67. The van der Waals surface area contributed by atoms with Gasteiger partial charge in [0, 0.05) is 5.56 Å². The molecule has 1 aromatic carbocycles. The van der Waals surface area contributed by atoms with Gasteiger partial charge in [-0.3, -0.25) is 0 Å². The number of ether oxygens (including phenoxy) is 1. The van der Waals surface area contributed by atoms with Crippen LogP contribution < -0.4 is 10.5 Å². The maximum Gasteiger partial charge on any atom is 0.330 e. The standard InChI is InChI=1S/C12H13N3O4/c1-2-18-8-5-3-4-7(6-8)10-14-15-11(19-10)9(13)12(16)17/h3-6,9H,2,13H2,1H3,(H,16,17). The van der Waals surface area contributed by atoms with Gasteiger partial charge in [0.25, 0.3) is 0 Å². The summed E-state index contributed by atoms with van der Waals surface area (Å²) in [5.74, 6) is -0.488. The Morgan fingerprint density at radius 1 is 1.53 bits per heavy atom. The van der Waals surface area contributed by atoms with Crippen LogP contribution in [0.5, 0.6) is 5.75 Å². The molecule has 19 heavy (non-hydrogen) atoms. The van der Waals surface area contributed by atoms with Gasteiger partial charge in [0.2, 0.25) is 11.8 Å². The van der Waals surface area contributed by atoms with Crippen LogP contribution in [-0.4, -0.2) is 27.9 Å². The summed E-state index contributed by atoms with van der Waals surface area (Å²) in [5.41, 5.74) is 6.03. The molecule has 1 unspecified atom stereocenters. The summed E-state index contributed by atoms with van der Waals surface area (Å²) in [6.07, 6.45) is 0. The van der Waals surface area contributed by atoms with Gasteiger partial charge >= 0.3 is 5.97 Å². The van der Waals surface area contributed by atoms with Crippen LogP contribution in [0.3, 0.4) is 0 Å². The van der Waals surface area contributed by atoms with E-state index in [-0.39, 0.29) is 11.8 Å². The van der Waals surface area contributed by atoms with Gasteiger partial charge in [-0.15, -0.1) is 10.2 Å². The van der Waals surface area contributed by atoms with Crippen molar-refractivity contribution < 1.29 is 19.1 Å². The van der Waals surface area contributed by atoms with Gasteiger partial charge in [0.15, 0.2) is 6.04 Å². The Kier molecular flexibility index (Phi) is 3.76. The van der Waals surface area contributed by atoms with E-state index in [1.165, 1.54) is 0 Å². The molecule has 2 aromatic rings. The van der Waals surface area contributed by atoms with Crippen molar-refractivity contribution in [3.63, 3.8) is 0 Å². The fraction of sp³-hybridized carbons (Fsp3) is 0.250. The molecule has 0 spiro atoms. The van der Waals surface area contributed by atoms with Gasteiger partial charge in [0.1, 0.15) is 5.75 Å². The van der Waals surface area contributed by atoms with Crippen LogP contribution >= 0.6 is 0 Å². The van der Waals surface area contributed by atoms with Crippen molar-refractivity contribution in [2.24, 2.45) is 5.73 Å². The average molecular weight is 263 g/mol. The Labute approximate surface area is 109 Å². The second-order valence-electron chi connectivity index (χ2n) is 3.72. The highest BCUT2D eigenvalue weighted by Gasteiger charge is 2.21. The molecular formula is C12H13N3O4. The maximum atomic E-state index is 10.7. The van der Waals surface area contributed by atoms with Crippen molar-refractivity contribution in [3.05, 3.63) is 30.2 Å².